The van der Waals surface area contributed by atoms with Gasteiger partial charge < -0.3 is 16.0 Å². The first-order valence-corrected chi connectivity index (χ1v) is 7.33. The molecule has 1 aliphatic heterocycles. The molecule has 0 aromatic rings. The molecule has 0 spiro atoms. The van der Waals surface area contributed by atoms with Crippen molar-refractivity contribution in [3.05, 3.63) is 0 Å². The van der Waals surface area contributed by atoms with Crippen LogP contribution in [-0.4, -0.2) is 42.4 Å². The molecule has 1 fully saturated rings. The number of nitrogens with zero attached hydrogens (tertiary/aromatic N) is 1. The molecule has 5 nitrogen and oxygen atoms in total. The minimum atomic E-state index is -0.0860. The van der Waals surface area contributed by atoms with Crippen molar-refractivity contribution in [2.45, 2.75) is 52.0 Å². The first-order chi connectivity index (χ1) is 9.02. The quantitative estimate of drug-likeness (QED) is 0.776. The molecule has 118 valence electrons. The summed E-state index contributed by atoms with van der Waals surface area (Å²) in [6, 6.07) is -0.0860. The minimum absolute atomic E-state index is 0. The average Bonchev–Trinajstić information content (AvgIpc) is 2.36. The normalized spacial score (nSPS) is 19.9. The number of halogens is 1. The summed E-state index contributed by atoms with van der Waals surface area (Å²) in [5.74, 6) is 0.632. The third kappa shape index (κ3) is 7.10. The zero-order valence-electron chi connectivity index (χ0n) is 12.6. The first kappa shape index (κ1) is 19.2. The number of carbonyl (C=O) groups excluding carboxylic acids is 2. The Labute approximate surface area is 128 Å². The van der Waals surface area contributed by atoms with E-state index in [1.807, 2.05) is 18.7 Å². The zero-order chi connectivity index (χ0) is 14.3. The van der Waals surface area contributed by atoms with Gasteiger partial charge in [-0.25, -0.2) is 0 Å². The van der Waals surface area contributed by atoms with Gasteiger partial charge in [0, 0.05) is 38.5 Å². The highest BCUT2D eigenvalue weighted by atomic mass is 35.5. The molecule has 2 unspecified atom stereocenters. The topological polar surface area (TPSA) is 75.4 Å². The Kier molecular flexibility index (Phi) is 9.59. The fourth-order valence-corrected chi connectivity index (χ4v) is 2.44. The maximum absolute atomic E-state index is 12.0. The van der Waals surface area contributed by atoms with Gasteiger partial charge in [0.25, 0.3) is 0 Å². The van der Waals surface area contributed by atoms with Crippen LogP contribution in [0.25, 0.3) is 0 Å². The van der Waals surface area contributed by atoms with Gasteiger partial charge in [0.2, 0.25) is 11.8 Å². The number of amides is 2. The number of likely N-dealkylation sites (tertiary alicyclic amines) is 1. The van der Waals surface area contributed by atoms with Crippen molar-refractivity contribution in [2.24, 2.45) is 11.7 Å². The lowest BCUT2D eigenvalue weighted by Gasteiger charge is -2.33. The molecular formula is C14H28ClN3O2. The van der Waals surface area contributed by atoms with E-state index in [0.29, 0.717) is 25.3 Å². The van der Waals surface area contributed by atoms with E-state index in [9.17, 15) is 9.59 Å². The lowest BCUT2D eigenvalue weighted by atomic mass is 9.97. The molecule has 3 N–H and O–H groups in total. The Morgan fingerprint density at radius 3 is 2.75 bits per heavy atom. The third-order valence-corrected chi connectivity index (χ3v) is 3.43. The van der Waals surface area contributed by atoms with Crippen LogP contribution in [0.4, 0.5) is 0 Å². The summed E-state index contributed by atoms with van der Waals surface area (Å²) in [5, 5.41) is 2.95. The molecule has 6 heteroatoms. The Bertz CT molecular complexity index is 311. The van der Waals surface area contributed by atoms with Crippen LogP contribution in [0.3, 0.4) is 0 Å². The molecule has 2 amide bonds. The number of rotatable bonds is 6. The average molecular weight is 306 g/mol. The monoisotopic (exact) mass is 305 g/mol. The highest BCUT2D eigenvalue weighted by Gasteiger charge is 2.24. The summed E-state index contributed by atoms with van der Waals surface area (Å²) in [7, 11) is 0. The molecule has 1 saturated heterocycles. The number of hydrogen-bond acceptors (Lipinski definition) is 3. The van der Waals surface area contributed by atoms with Gasteiger partial charge in [-0.3, -0.25) is 9.59 Å². The van der Waals surface area contributed by atoms with Crippen molar-refractivity contribution in [3.63, 3.8) is 0 Å². The van der Waals surface area contributed by atoms with Gasteiger partial charge in [-0.1, -0.05) is 6.92 Å². The van der Waals surface area contributed by atoms with E-state index in [-0.39, 0.29) is 30.3 Å². The fraction of sp³-hybridized carbons (Fsp3) is 0.857. The molecule has 0 bridgehead atoms. The summed E-state index contributed by atoms with van der Waals surface area (Å²) in [5.41, 5.74) is 5.66. The van der Waals surface area contributed by atoms with Gasteiger partial charge in [0.05, 0.1) is 0 Å². The van der Waals surface area contributed by atoms with E-state index in [0.717, 1.165) is 32.4 Å². The van der Waals surface area contributed by atoms with Crippen LogP contribution in [0.1, 0.15) is 46.0 Å². The van der Waals surface area contributed by atoms with Crippen molar-refractivity contribution in [1.29, 1.82) is 0 Å². The molecule has 1 heterocycles. The molecular weight excluding hydrogens is 278 g/mol. The van der Waals surface area contributed by atoms with Crippen LogP contribution in [0.2, 0.25) is 0 Å². The SMILES string of the molecule is CCCC(=O)NCC1CCCN(C(=O)CC(C)N)C1.Cl. The van der Waals surface area contributed by atoms with Gasteiger partial charge >= 0.3 is 0 Å². The van der Waals surface area contributed by atoms with Crippen LogP contribution in [0.15, 0.2) is 0 Å². The van der Waals surface area contributed by atoms with E-state index in [1.165, 1.54) is 0 Å². The zero-order valence-corrected chi connectivity index (χ0v) is 13.4. The molecule has 0 saturated carbocycles. The highest BCUT2D eigenvalue weighted by Crippen LogP contribution is 2.16. The van der Waals surface area contributed by atoms with E-state index in [4.69, 9.17) is 5.73 Å². The molecule has 1 rings (SSSR count). The summed E-state index contributed by atoms with van der Waals surface area (Å²) >= 11 is 0. The molecule has 0 aromatic carbocycles. The van der Waals surface area contributed by atoms with Crippen molar-refractivity contribution in [3.8, 4) is 0 Å². The number of hydrogen-bond donors (Lipinski definition) is 2. The number of nitrogens with two attached hydrogens (primary N) is 1. The van der Waals surface area contributed by atoms with Gasteiger partial charge in [-0.2, -0.15) is 0 Å². The van der Waals surface area contributed by atoms with E-state index in [1.54, 1.807) is 0 Å². The summed E-state index contributed by atoms with van der Waals surface area (Å²) in [6.45, 7) is 6.10. The standard InChI is InChI=1S/C14H27N3O2.ClH/c1-3-5-13(18)16-9-12-6-4-7-17(10-12)14(19)8-11(2)15;/h11-12H,3-10,15H2,1-2H3,(H,16,18);1H. The minimum Gasteiger partial charge on any atom is -0.356 e. The van der Waals surface area contributed by atoms with Crippen LogP contribution in [0, 0.1) is 5.92 Å². The highest BCUT2D eigenvalue weighted by molar-refractivity contribution is 5.85. The Morgan fingerprint density at radius 2 is 2.15 bits per heavy atom. The van der Waals surface area contributed by atoms with Gasteiger partial charge in [-0.05, 0) is 32.1 Å². The van der Waals surface area contributed by atoms with E-state index in [2.05, 4.69) is 5.32 Å². The maximum Gasteiger partial charge on any atom is 0.224 e. The largest absolute Gasteiger partial charge is 0.356 e. The molecule has 0 aromatic heterocycles. The second kappa shape index (κ2) is 10.00. The van der Waals surface area contributed by atoms with Gasteiger partial charge in [-0.15, -0.1) is 12.4 Å². The van der Waals surface area contributed by atoms with Crippen LogP contribution < -0.4 is 11.1 Å². The summed E-state index contributed by atoms with van der Waals surface area (Å²) < 4.78 is 0. The van der Waals surface area contributed by atoms with E-state index < -0.39 is 0 Å². The molecule has 2 atom stereocenters. The molecule has 0 aliphatic carbocycles. The van der Waals surface area contributed by atoms with Crippen LogP contribution >= 0.6 is 12.4 Å². The molecule has 20 heavy (non-hydrogen) atoms. The second-order valence-electron chi connectivity index (χ2n) is 5.58. The lowest BCUT2D eigenvalue weighted by molar-refractivity contribution is -0.133. The Balaban J connectivity index is 0.00000361. The number of carbonyl (C=O) groups is 2. The predicted molar refractivity (Wildman–Crippen MR) is 82.7 cm³/mol. The fourth-order valence-electron chi connectivity index (χ4n) is 2.44. The number of piperidine rings is 1. The van der Waals surface area contributed by atoms with Gasteiger partial charge in [0.1, 0.15) is 0 Å². The summed E-state index contributed by atoms with van der Waals surface area (Å²) in [6.07, 6.45) is 3.96. The molecule has 0 radical (unpaired) electrons. The lowest BCUT2D eigenvalue weighted by Crippen LogP contribution is -2.44. The summed E-state index contributed by atoms with van der Waals surface area (Å²) in [4.78, 5) is 25.3. The Hall–Kier alpha value is -0.810. The predicted octanol–water partition coefficient (Wildman–Crippen LogP) is 1.30. The number of nitrogens with one attached hydrogen (secondary N) is 1. The smallest absolute Gasteiger partial charge is 0.224 e. The van der Waals surface area contributed by atoms with E-state index >= 15 is 0 Å². The molecule has 1 aliphatic rings. The van der Waals surface area contributed by atoms with Crippen molar-refractivity contribution < 1.29 is 9.59 Å². The van der Waals surface area contributed by atoms with Crippen molar-refractivity contribution in [2.75, 3.05) is 19.6 Å². The second-order valence-corrected chi connectivity index (χ2v) is 5.58. The first-order valence-electron chi connectivity index (χ1n) is 7.33. The van der Waals surface area contributed by atoms with Crippen LogP contribution in [0.5, 0.6) is 0 Å². The van der Waals surface area contributed by atoms with Crippen LogP contribution in [-0.2, 0) is 9.59 Å². The Morgan fingerprint density at radius 1 is 1.45 bits per heavy atom. The third-order valence-electron chi connectivity index (χ3n) is 3.43. The van der Waals surface area contributed by atoms with Crippen molar-refractivity contribution >= 4 is 24.2 Å². The van der Waals surface area contributed by atoms with Gasteiger partial charge in [0.15, 0.2) is 0 Å². The maximum atomic E-state index is 12.0. The van der Waals surface area contributed by atoms with Crippen molar-refractivity contribution in [1.82, 2.24) is 10.2 Å².